The van der Waals surface area contributed by atoms with Crippen LogP contribution in [-0.4, -0.2) is 23.6 Å². The molecule has 0 unspecified atom stereocenters. The minimum absolute atomic E-state index is 0.0290. The molecule has 0 fully saturated rings. The second-order valence-electron chi connectivity index (χ2n) is 2.82. The third-order valence-electron chi connectivity index (χ3n) is 1.61. The summed E-state index contributed by atoms with van der Waals surface area (Å²) in [6.45, 7) is -0.385. The summed E-state index contributed by atoms with van der Waals surface area (Å²) in [5, 5.41) is 8.78. The van der Waals surface area contributed by atoms with E-state index in [0.29, 0.717) is 5.69 Å². The van der Waals surface area contributed by atoms with E-state index in [1.165, 1.54) is 18.2 Å². The molecular formula is C9H10N2O4. The molecule has 15 heavy (non-hydrogen) atoms. The van der Waals surface area contributed by atoms with Crippen LogP contribution in [0.1, 0.15) is 10.4 Å². The van der Waals surface area contributed by atoms with Gasteiger partial charge in [0.1, 0.15) is 11.3 Å². The van der Waals surface area contributed by atoms with Crippen molar-refractivity contribution >= 4 is 17.6 Å². The second kappa shape index (κ2) is 4.32. The summed E-state index contributed by atoms with van der Waals surface area (Å²) in [6, 6.07) is 4.06. The number of hydrogen-bond acceptors (Lipinski definition) is 4. The molecule has 0 saturated heterocycles. The summed E-state index contributed by atoms with van der Waals surface area (Å²) in [5.74, 6) is -1.82. The number of carbonyl (C=O) groups excluding carboxylic acids is 1. The molecule has 0 aliphatic rings. The van der Waals surface area contributed by atoms with Gasteiger partial charge in [0, 0.05) is 11.8 Å². The van der Waals surface area contributed by atoms with Gasteiger partial charge in [-0.3, -0.25) is 4.79 Å². The fourth-order valence-corrected chi connectivity index (χ4v) is 0.984. The van der Waals surface area contributed by atoms with Crippen LogP contribution in [0.4, 0.5) is 5.69 Å². The smallest absolute Gasteiger partial charge is 0.339 e. The number of rotatable bonds is 4. The Morgan fingerprint density at radius 3 is 2.60 bits per heavy atom. The molecule has 1 rings (SSSR count). The van der Waals surface area contributed by atoms with E-state index >= 15 is 0 Å². The maximum absolute atomic E-state index is 10.7. The Kier molecular flexibility index (Phi) is 3.12. The van der Waals surface area contributed by atoms with E-state index in [4.69, 9.17) is 21.3 Å². The lowest BCUT2D eigenvalue weighted by Crippen LogP contribution is -2.20. The van der Waals surface area contributed by atoms with E-state index in [0.717, 1.165) is 0 Å². The highest BCUT2D eigenvalue weighted by molar-refractivity contribution is 5.91. The number of aromatic carboxylic acids is 1. The zero-order valence-electron chi connectivity index (χ0n) is 7.77. The SMILES string of the molecule is NC(=O)COc1cc(N)ccc1C(=O)O. The lowest BCUT2D eigenvalue weighted by Gasteiger charge is -2.07. The normalized spacial score (nSPS) is 9.60. The van der Waals surface area contributed by atoms with Gasteiger partial charge in [0.25, 0.3) is 5.91 Å². The Morgan fingerprint density at radius 2 is 2.07 bits per heavy atom. The highest BCUT2D eigenvalue weighted by Crippen LogP contribution is 2.21. The molecule has 0 saturated carbocycles. The Bertz CT molecular complexity index is 403. The standard InChI is InChI=1S/C9H10N2O4/c10-5-1-2-6(9(13)14)7(3-5)15-4-8(11)12/h1-3H,4,10H2,(H2,11,12)(H,13,14). The number of benzene rings is 1. The molecule has 5 N–H and O–H groups in total. The van der Waals surface area contributed by atoms with Gasteiger partial charge in [-0.1, -0.05) is 0 Å². The minimum atomic E-state index is -1.16. The molecule has 1 aromatic carbocycles. The van der Waals surface area contributed by atoms with Crippen LogP contribution in [0.15, 0.2) is 18.2 Å². The average molecular weight is 210 g/mol. The maximum atomic E-state index is 10.7. The molecule has 1 amide bonds. The van der Waals surface area contributed by atoms with E-state index in [9.17, 15) is 9.59 Å². The van der Waals surface area contributed by atoms with Crippen molar-refractivity contribution in [1.82, 2.24) is 0 Å². The highest BCUT2D eigenvalue weighted by atomic mass is 16.5. The van der Waals surface area contributed by atoms with Crippen LogP contribution in [0.3, 0.4) is 0 Å². The second-order valence-corrected chi connectivity index (χ2v) is 2.82. The Morgan fingerprint density at radius 1 is 1.40 bits per heavy atom. The molecule has 6 nitrogen and oxygen atoms in total. The molecule has 0 radical (unpaired) electrons. The first kappa shape index (κ1) is 10.8. The van der Waals surface area contributed by atoms with Gasteiger partial charge in [-0.25, -0.2) is 4.79 Å². The molecular weight excluding hydrogens is 200 g/mol. The van der Waals surface area contributed by atoms with Crippen LogP contribution in [0.2, 0.25) is 0 Å². The summed E-state index contributed by atoms with van der Waals surface area (Å²) in [4.78, 5) is 21.2. The molecule has 1 aromatic rings. The minimum Gasteiger partial charge on any atom is -0.483 e. The predicted octanol–water partition coefficient (Wildman–Crippen LogP) is -0.169. The topological polar surface area (TPSA) is 116 Å². The Labute approximate surface area is 85.4 Å². The summed E-state index contributed by atoms with van der Waals surface area (Å²) in [7, 11) is 0. The monoisotopic (exact) mass is 210 g/mol. The van der Waals surface area contributed by atoms with Gasteiger partial charge in [0.2, 0.25) is 0 Å². The fourth-order valence-electron chi connectivity index (χ4n) is 0.984. The van der Waals surface area contributed by atoms with Crippen LogP contribution in [0, 0.1) is 0 Å². The number of primary amides is 1. The number of hydrogen-bond donors (Lipinski definition) is 3. The molecule has 6 heteroatoms. The Balaban J connectivity index is 2.96. The molecule has 0 aliphatic carbocycles. The summed E-state index contributed by atoms with van der Waals surface area (Å²) < 4.78 is 4.91. The predicted molar refractivity (Wildman–Crippen MR) is 52.5 cm³/mol. The van der Waals surface area contributed by atoms with Crippen molar-refractivity contribution in [1.29, 1.82) is 0 Å². The summed E-state index contributed by atoms with van der Waals surface area (Å²) in [5.41, 5.74) is 10.6. The van der Waals surface area contributed by atoms with Gasteiger partial charge >= 0.3 is 5.97 Å². The Hall–Kier alpha value is -2.24. The third-order valence-corrected chi connectivity index (χ3v) is 1.61. The summed E-state index contributed by atoms with van der Waals surface area (Å²) in [6.07, 6.45) is 0. The van der Waals surface area contributed by atoms with Gasteiger partial charge < -0.3 is 21.3 Å². The van der Waals surface area contributed by atoms with E-state index in [2.05, 4.69) is 0 Å². The molecule has 80 valence electrons. The van der Waals surface area contributed by atoms with Crippen molar-refractivity contribution in [2.24, 2.45) is 5.73 Å². The molecule has 0 bridgehead atoms. The average Bonchev–Trinajstić information content (AvgIpc) is 2.14. The van der Waals surface area contributed by atoms with E-state index in [1.807, 2.05) is 0 Å². The van der Waals surface area contributed by atoms with E-state index in [-0.39, 0.29) is 17.9 Å². The van der Waals surface area contributed by atoms with Crippen LogP contribution < -0.4 is 16.2 Å². The molecule has 0 heterocycles. The van der Waals surface area contributed by atoms with Crippen LogP contribution in [-0.2, 0) is 4.79 Å². The summed E-state index contributed by atoms with van der Waals surface area (Å²) >= 11 is 0. The third kappa shape index (κ3) is 2.87. The first-order valence-electron chi connectivity index (χ1n) is 4.04. The van der Waals surface area contributed by atoms with E-state index in [1.54, 1.807) is 0 Å². The van der Waals surface area contributed by atoms with Crippen molar-refractivity contribution < 1.29 is 19.4 Å². The first-order valence-corrected chi connectivity index (χ1v) is 4.04. The van der Waals surface area contributed by atoms with Gasteiger partial charge in [-0.2, -0.15) is 0 Å². The van der Waals surface area contributed by atoms with Crippen LogP contribution in [0.5, 0.6) is 5.75 Å². The zero-order valence-corrected chi connectivity index (χ0v) is 7.77. The van der Waals surface area contributed by atoms with Crippen molar-refractivity contribution in [3.05, 3.63) is 23.8 Å². The van der Waals surface area contributed by atoms with Crippen LogP contribution >= 0.6 is 0 Å². The number of carboxylic acid groups (broad SMARTS) is 1. The lowest BCUT2D eigenvalue weighted by molar-refractivity contribution is -0.119. The quantitative estimate of drug-likeness (QED) is 0.596. The molecule has 0 aliphatic heterocycles. The first-order chi connectivity index (χ1) is 7.00. The molecule has 0 aromatic heterocycles. The van der Waals surface area contributed by atoms with Gasteiger partial charge in [0.15, 0.2) is 6.61 Å². The van der Waals surface area contributed by atoms with Crippen molar-refractivity contribution in [3.63, 3.8) is 0 Å². The lowest BCUT2D eigenvalue weighted by atomic mass is 10.2. The number of ether oxygens (including phenoxy) is 1. The van der Waals surface area contributed by atoms with Gasteiger partial charge in [-0.05, 0) is 12.1 Å². The number of anilines is 1. The number of carboxylic acids is 1. The van der Waals surface area contributed by atoms with Crippen molar-refractivity contribution in [3.8, 4) is 5.75 Å². The largest absolute Gasteiger partial charge is 0.483 e. The number of carbonyl (C=O) groups is 2. The van der Waals surface area contributed by atoms with Crippen molar-refractivity contribution in [2.75, 3.05) is 12.3 Å². The van der Waals surface area contributed by atoms with Crippen molar-refractivity contribution in [2.45, 2.75) is 0 Å². The fraction of sp³-hybridized carbons (Fsp3) is 0.111. The molecule has 0 atom stereocenters. The van der Waals surface area contributed by atoms with E-state index < -0.39 is 11.9 Å². The molecule has 0 spiro atoms. The number of nitrogens with two attached hydrogens (primary N) is 2. The number of nitrogen functional groups attached to an aromatic ring is 1. The highest BCUT2D eigenvalue weighted by Gasteiger charge is 2.11. The maximum Gasteiger partial charge on any atom is 0.339 e. The number of amides is 1. The zero-order chi connectivity index (χ0) is 11.4. The van der Waals surface area contributed by atoms with Gasteiger partial charge in [0.05, 0.1) is 0 Å². The van der Waals surface area contributed by atoms with Crippen LogP contribution in [0.25, 0.3) is 0 Å². The van der Waals surface area contributed by atoms with Gasteiger partial charge in [-0.15, -0.1) is 0 Å².